The van der Waals surface area contributed by atoms with Crippen molar-refractivity contribution < 1.29 is 9.90 Å². The first-order valence-electron chi connectivity index (χ1n) is 4.98. The highest BCUT2D eigenvalue weighted by atomic mass is 16.4. The first-order chi connectivity index (χ1) is 8.19. The first kappa shape index (κ1) is 9.64. The van der Waals surface area contributed by atoms with Crippen LogP contribution in [0.5, 0.6) is 0 Å². The number of hydrogen-bond acceptors (Lipinski definition) is 4. The standard InChI is InChI=1S/C10H9N5O2/c1-11-9-13-10-12-6-4-5(8(16)17)2-3-7(6)15(10)14-9/h2-4H,1H3,(H,16,17)(H2,11,12,13,14). The van der Waals surface area contributed by atoms with Crippen LogP contribution in [-0.4, -0.2) is 37.7 Å². The maximum Gasteiger partial charge on any atom is 0.335 e. The number of carboxylic acids is 1. The van der Waals surface area contributed by atoms with Crippen LogP contribution in [0.3, 0.4) is 0 Å². The van der Waals surface area contributed by atoms with E-state index in [2.05, 4.69) is 20.4 Å². The summed E-state index contributed by atoms with van der Waals surface area (Å²) in [7, 11) is 1.75. The second-order valence-corrected chi connectivity index (χ2v) is 3.58. The molecule has 0 fully saturated rings. The van der Waals surface area contributed by atoms with Crippen LogP contribution in [0.15, 0.2) is 18.2 Å². The molecule has 3 rings (SSSR count). The molecule has 7 heteroatoms. The summed E-state index contributed by atoms with van der Waals surface area (Å²) < 4.78 is 1.70. The van der Waals surface area contributed by atoms with Gasteiger partial charge in [-0.05, 0) is 18.2 Å². The Morgan fingerprint density at radius 2 is 2.29 bits per heavy atom. The van der Waals surface area contributed by atoms with Crippen molar-refractivity contribution in [3.63, 3.8) is 0 Å². The molecule has 3 N–H and O–H groups in total. The van der Waals surface area contributed by atoms with Crippen LogP contribution in [0.4, 0.5) is 5.95 Å². The molecular formula is C10H9N5O2. The van der Waals surface area contributed by atoms with Crippen molar-refractivity contribution in [1.82, 2.24) is 19.6 Å². The van der Waals surface area contributed by atoms with Crippen molar-refractivity contribution >= 4 is 28.7 Å². The van der Waals surface area contributed by atoms with Crippen molar-refractivity contribution in [2.45, 2.75) is 0 Å². The topological polar surface area (TPSA) is 95.3 Å². The van der Waals surface area contributed by atoms with Crippen molar-refractivity contribution in [3.8, 4) is 0 Å². The van der Waals surface area contributed by atoms with E-state index in [4.69, 9.17) is 5.11 Å². The van der Waals surface area contributed by atoms with E-state index in [9.17, 15) is 4.79 Å². The summed E-state index contributed by atoms with van der Waals surface area (Å²) in [6.07, 6.45) is 0. The van der Waals surface area contributed by atoms with Crippen molar-refractivity contribution in [2.24, 2.45) is 0 Å². The van der Waals surface area contributed by atoms with E-state index in [0.29, 0.717) is 17.2 Å². The Hall–Kier alpha value is -2.57. The quantitative estimate of drug-likeness (QED) is 0.610. The maximum absolute atomic E-state index is 10.8. The molecule has 86 valence electrons. The fourth-order valence-electron chi connectivity index (χ4n) is 1.73. The van der Waals surface area contributed by atoms with Crippen LogP contribution >= 0.6 is 0 Å². The summed E-state index contributed by atoms with van der Waals surface area (Å²) in [5, 5.41) is 14.8. The molecule has 2 aromatic heterocycles. The Morgan fingerprint density at radius 1 is 1.47 bits per heavy atom. The van der Waals surface area contributed by atoms with Crippen LogP contribution in [0.1, 0.15) is 10.4 Å². The van der Waals surface area contributed by atoms with E-state index in [1.54, 1.807) is 23.7 Å². The number of nitrogens with zero attached hydrogens (tertiary/aromatic N) is 3. The van der Waals surface area contributed by atoms with Crippen molar-refractivity contribution in [3.05, 3.63) is 23.8 Å². The Balaban J connectivity index is 2.30. The zero-order chi connectivity index (χ0) is 12.0. The average molecular weight is 231 g/mol. The third kappa shape index (κ3) is 1.32. The summed E-state index contributed by atoms with van der Waals surface area (Å²) in [4.78, 5) is 19.3. The molecule has 0 atom stereocenters. The number of aromatic nitrogens is 4. The van der Waals surface area contributed by atoms with Gasteiger partial charge in [0, 0.05) is 7.05 Å². The molecule has 0 saturated heterocycles. The molecule has 0 radical (unpaired) electrons. The predicted molar refractivity (Wildman–Crippen MR) is 61.3 cm³/mol. The predicted octanol–water partition coefficient (Wildman–Crippen LogP) is 0.950. The van der Waals surface area contributed by atoms with Gasteiger partial charge in [-0.3, -0.25) is 5.10 Å². The van der Waals surface area contributed by atoms with Gasteiger partial charge in [0.1, 0.15) is 0 Å². The second kappa shape index (κ2) is 3.21. The number of carbonyl (C=O) groups is 1. The van der Waals surface area contributed by atoms with Crippen LogP contribution in [0, 0.1) is 0 Å². The Morgan fingerprint density at radius 3 is 3.00 bits per heavy atom. The third-order valence-corrected chi connectivity index (χ3v) is 2.55. The molecular weight excluding hydrogens is 222 g/mol. The lowest BCUT2D eigenvalue weighted by molar-refractivity contribution is 0.0697. The van der Waals surface area contributed by atoms with Crippen molar-refractivity contribution in [2.75, 3.05) is 12.4 Å². The van der Waals surface area contributed by atoms with Gasteiger partial charge < -0.3 is 10.4 Å². The smallest absolute Gasteiger partial charge is 0.335 e. The highest BCUT2D eigenvalue weighted by molar-refractivity contribution is 5.93. The number of benzene rings is 1. The van der Waals surface area contributed by atoms with Gasteiger partial charge in [0.15, 0.2) is 0 Å². The van der Waals surface area contributed by atoms with Gasteiger partial charge in [0.25, 0.3) is 5.78 Å². The molecule has 0 aliphatic rings. The molecule has 0 amide bonds. The molecule has 7 nitrogen and oxygen atoms in total. The minimum Gasteiger partial charge on any atom is -0.478 e. The van der Waals surface area contributed by atoms with E-state index in [1.165, 1.54) is 6.07 Å². The lowest BCUT2D eigenvalue weighted by Gasteiger charge is -1.94. The number of carboxylic acid groups (broad SMARTS) is 1. The first-order valence-corrected chi connectivity index (χ1v) is 4.98. The van der Waals surface area contributed by atoms with Gasteiger partial charge in [-0.25, -0.2) is 14.3 Å². The fraction of sp³-hybridized carbons (Fsp3) is 0.100. The maximum atomic E-state index is 10.8. The van der Waals surface area contributed by atoms with E-state index in [-0.39, 0.29) is 5.56 Å². The van der Waals surface area contributed by atoms with Gasteiger partial charge in [0.2, 0.25) is 5.95 Å². The van der Waals surface area contributed by atoms with E-state index < -0.39 is 5.97 Å². The minimum absolute atomic E-state index is 0.215. The summed E-state index contributed by atoms with van der Waals surface area (Å²) in [5.41, 5.74) is 1.61. The van der Waals surface area contributed by atoms with Crippen LogP contribution in [-0.2, 0) is 0 Å². The summed E-state index contributed by atoms with van der Waals surface area (Å²) >= 11 is 0. The normalized spacial score (nSPS) is 11.1. The number of hydrogen-bond donors (Lipinski definition) is 3. The van der Waals surface area contributed by atoms with Gasteiger partial charge in [0.05, 0.1) is 16.6 Å². The lowest BCUT2D eigenvalue weighted by atomic mass is 10.2. The van der Waals surface area contributed by atoms with E-state index in [1.807, 2.05) is 0 Å². The molecule has 0 unspecified atom stereocenters. The zero-order valence-electron chi connectivity index (χ0n) is 8.93. The van der Waals surface area contributed by atoms with Crippen LogP contribution in [0.25, 0.3) is 16.8 Å². The van der Waals surface area contributed by atoms with Crippen LogP contribution < -0.4 is 5.32 Å². The molecule has 0 spiro atoms. The Bertz CT molecular complexity index is 727. The highest BCUT2D eigenvalue weighted by Crippen LogP contribution is 2.17. The summed E-state index contributed by atoms with van der Waals surface area (Å²) in [6, 6.07) is 4.77. The lowest BCUT2D eigenvalue weighted by Crippen LogP contribution is -1.96. The van der Waals surface area contributed by atoms with E-state index >= 15 is 0 Å². The number of anilines is 1. The molecule has 0 saturated carbocycles. The number of fused-ring (bicyclic) bond motifs is 3. The second-order valence-electron chi connectivity index (χ2n) is 3.58. The minimum atomic E-state index is -0.965. The molecule has 0 bridgehead atoms. The molecule has 1 aromatic carbocycles. The third-order valence-electron chi connectivity index (χ3n) is 2.55. The number of imidazole rings is 1. The summed E-state index contributed by atoms with van der Waals surface area (Å²) in [6.45, 7) is 0. The molecule has 3 aromatic rings. The number of rotatable bonds is 2. The number of aromatic amines is 1. The van der Waals surface area contributed by atoms with Crippen molar-refractivity contribution in [1.29, 1.82) is 0 Å². The largest absolute Gasteiger partial charge is 0.478 e. The number of H-pyrrole nitrogens is 1. The van der Waals surface area contributed by atoms with Gasteiger partial charge >= 0.3 is 5.97 Å². The average Bonchev–Trinajstić information content (AvgIpc) is 2.84. The summed E-state index contributed by atoms with van der Waals surface area (Å²) in [5.74, 6) is 0.149. The fourth-order valence-corrected chi connectivity index (χ4v) is 1.73. The van der Waals surface area contributed by atoms with Crippen LogP contribution in [0.2, 0.25) is 0 Å². The molecule has 0 aliphatic carbocycles. The SMILES string of the molecule is CNc1nc2nc3cc(C(=O)O)ccc3n2[nH]1. The molecule has 0 aliphatic heterocycles. The molecule has 2 heterocycles. The monoisotopic (exact) mass is 231 g/mol. The van der Waals surface area contributed by atoms with Gasteiger partial charge in [-0.1, -0.05) is 0 Å². The van der Waals surface area contributed by atoms with E-state index in [0.717, 1.165) is 5.52 Å². The van der Waals surface area contributed by atoms with Gasteiger partial charge in [-0.15, -0.1) is 0 Å². The van der Waals surface area contributed by atoms with Gasteiger partial charge in [-0.2, -0.15) is 4.98 Å². The molecule has 17 heavy (non-hydrogen) atoms. The highest BCUT2D eigenvalue weighted by Gasteiger charge is 2.11. The number of nitrogens with one attached hydrogen (secondary N) is 2. The Kier molecular flexibility index (Phi) is 1.82. The number of aromatic carboxylic acids is 1. The zero-order valence-corrected chi connectivity index (χ0v) is 8.93. The Labute approximate surface area is 95.1 Å².